The van der Waals surface area contributed by atoms with Crippen LogP contribution in [0.2, 0.25) is 5.02 Å². The predicted octanol–water partition coefficient (Wildman–Crippen LogP) is 0.197. The number of aliphatic hydroxyl groups excluding tert-OH is 1. The Bertz CT molecular complexity index is 680. The zero-order chi connectivity index (χ0) is 16.8. The minimum absolute atomic E-state index is 0.000317. The van der Waals surface area contributed by atoms with Crippen LogP contribution in [0.1, 0.15) is 11.7 Å². The number of nitrogens with zero attached hydrogens (tertiary/aromatic N) is 4. The maximum absolute atomic E-state index is 11.7. The van der Waals surface area contributed by atoms with Gasteiger partial charge in [-0.1, -0.05) is 29.8 Å². The molecular formula is C12H12ClN5O5. The lowest BCUT2D eigenvalue weighted by molar-refractivity contribution is -0.148. The summed E-state index contributed by atoms with van der Waals surface area (Å²) in [5, 5.41) is 30.8. The Morgan fingerprint density at radius 3 is 2.74 bits per heavy atom. The van der Waals surface area contributed by atoms with E-state index in [4.69, 9.17) is 26.6 Å². The van der Waals surface area contributed by atoms with Gasteiger partial charge in [0.1, 0.15) is 6.54 Å². The maximum Gasteiger partial charge on any atom is 0.410 e. The van der Waals surface area contributed by atoms with Gasteiger partial charge in [0.05, 0.1) is 0 Å². The van der Waals surface area contributed by atoms with E-state index in [2.05, 4.69) is 15.4 Å². The molecular weight excluding hydrogens is 330 g/mol. The molecule has 0 spiro atoms. The average Bonchev–Trinajstić information content (AvgIpc) is 3.00. The van der Waals surface area contributed by atoms with Crippen LogP contribution in [0.15, 0.2) is 30.6 Å². The zero-order valence-electron chi connectivity index (χ0n) is 11.5. The number of tetrazole rings is 1. The monoisotopic (exact) mass is 341 g/mol. The summed E-state index contributed by atoms with van der Waals surface area (Å²) in [4.78, 5) is 23.4. The van der Waals surface area contributed by atoms with Crippen LogP contribution in [0, 0.1) is 0 Å². The van der Waals surface area contributed by atoms with Crippen LogP contribution in [-0.2, 0) is 16.1 Å². The second-order valence-electron chi connectivity index (χ2n) is 4.29. The van der Waals surface area contributed by atoms with E-state index in [-0.39, 0.29) is 6.54 Å². The molecule has 23 heavy (non-hydrogen) atoms. The Labute approximate surface area is 134 Å². The quantitative estimate of drug-likeness (QED) is 0.633. The standard InChI is InChI=1S/C12H12ClN5O5/c13-8-4-2-1-3-7(8)9(5-18-15-6-14-17-18)23-12(22)16-10(19)11(20)21/h1-4,6,9-10,19H,5H2,(H,16,22)(H,20,21)/t9-,10?/m0/s1. The van der Waals surface area contributed by atoms with Crippen LogP contribution in [0.3, 0.4) is 0 Å². The second-order valence-corrected chi connectivity index (χ2v) is 4.70. The number of benzene rings is 1. The van der Waals surface area contributed by atoms with Crippen molar-refractivity contribution < 1.29 is 24.5 Å². The van der Waals surface area contributed by atoms with Crippen LogP contribution in [0.5, 0.6) is 0 Å². The first-order chi connectivity index (χ1) is 11.0. The summed E-state index contributed by atoms with van der Waals surface area (Å²) in [6, 6.07) is 6.62. The van der Waals surface area contributed by atoms with Gasteiger partial charge in [0.25, 0.3) is 0 Å². The number of alkyl carbamates (subject to hydrolysis) is 1. The first-order valence-corrected chi connectivity index (χ1v) is 6.68. The molecule has 1 unspecified atom stereocenters. The molecule has 2 atom stereocenters. The van der Waals surface area contributed by atoms with Crippen molar-refractivity contribution in [1.82, 2.24) is 25.5 Å². The SMILES string of the molecule is O=C(NC(O)C(=O)O)O[C@@H](Cn1ncnn1)c1ccccc1Cl. The number of carboxylic acid groups (broad SMARTS) is 1. The Hall–Kier alpha value is -2.72. The van der Waals surface area contributed by atoms with E-state index in [1.165, 1.54) is 11.1 Å². The van der Waals surface area contributed by atoms with Gasteiger partial charge < -0.3 is 14.9 Å². The summed E-state index contributed by atoms with van der Waals surface area (Å²) < 4.78 is 5.13. The first-order valence-electron chi connectivity index (χ1n) is 6.30. The molecule has 1 aromatic heterocycles. The van der Waals surface area contributed by atoms with Crippen LogP contribution >= 0.6 is 11.6 Å². The lowest BCUT2D eigenvalue weighted by Gasteiger charge is -2.19. The number of nitrogens with one attached hydrogen (secondary N) is 1. The van der Waals surface area contributed by atoms with E-state index < -0.39 is 24.4 Å². The second kappa shape index (κ2) is 7.51. The highest BCUT2D eigenvalue weighted by Gasteiger charge is 2.24. The van der Waals surface area contributed by atoms with Crippen molar-refractivity contribution in [2.45, 2.75) is 18.9 Å². The summed E-state index contributed by atoms with van der Waals surface area (Å²) in [5.74, 6) is -1.62. The summed E-state index contributed by atoms with van der Waals surface area (Å²) in [5.41, 5.74) is 0.464. The van der Waals surface area contributed by atoms with Crippen molar-refractivity contribution >= 4 is 23.7 Å². The number of hydrogen-bond donors (Lipinski definition) is 3. The number of aliphatic carboxylic acids is 1. The predicted molar refractivity (Wildman–Crippen MR) is 75.3 cm³/mol. The number of carbonyl (C=O) groups is 2. The molecule has 0 aliphatic rings. The van der Waals surface area contributed by atoms with Gasteiger partial charge in [-0.2, -0.15) is 4.80 Å². The van der Waals surface area contributed by atoms with Crippen molar-refractivity contribution in [3.63, 3.8) is 0 Å². The van der Waals surface area contributed by atoms with Crippen LogP contribution in [-0.4, -0.2) is 48.7 Å². The molecule has 0 radical (unpaired) electrons. The molecule has 1 aromatic carbocycles. The summed E-state index contributed by atoms with van der Waals surface area (Å²) >= 11 is 6.08. The summed E-state index contributed by atoms with van der Waals surface area (Å²) in [6.07, 6.45) is -2.93. The van der Waals surface area contributed by atoms with Crippen molar-refractivity contribution in [2.75, 3.05) is 0 Å². The molecule has 0 saturated heterocycles. The molecule has 2 aromatic rings. The van der Waals surface area contributed by atoms with Crippen molar-refractivity contribution in [1.29, 1.82) is 0 Å². The number of halogens is 1. The first kappa shape index (κ1) is 16.6. The Morgan fingerprint density at radius 1 is 1.39 bits per heavy atom. The lowest BCUT2D eigenvalue weighted by atomic mass is 10.1. The topological polar surface area (TPSA) is 139 Å². The number of aromatic nitrogens is 4. The molecule has 3 N–H and O–H groups in total. The van der Waals surface area contributed by atoms with E-state index in [1.807, 2.05) is 0 Å². The fourth-order valence-electron chi connectivity index (χ4n) is 1.69. The van der Waals surface area contributed by atoms with Gasteiger partial charge in [-0.25, -0.2) is 9.59 Å². The van der Waals surface area contributed by atoms with Crippen LogP contribution in [0.25, 0.3) is 0 Å². The van der Waals surface area contributed by atoms with Gasteiger partial charge in [0.15, 0.2) is 12.4 Å². The highest BCUT2D eigenvalue weighted by atomic mass is 35.5. The van der Waals surface area contributed by atoms with Gasteiger partial charge in [0.2, 0.25) is 6.23 Å². The Morgan fingerprint density at radius 2 is 2.13 bits per heavy atom. The number of rotatable bonds is 6. The van der Waals surface area contributed by atoms with E-state index in [0.717, 1.165) is 0 Å². The molecule has 122 valence electrons. The highest BCUT2D eigenvalue weighted by molar-refractivity contribution is 6.31. The molecule has 0 fully saturated rings. The third kappa shape index (κ3) is 4.63. The average molecular weight is 342 g/mol. The largest absolute Gasteiger partial charge is 0.478 e. The molecule has 0 aliphatic heterocycles. The fraction of sp³-hybridized carbons (Fsp3) is 0.250. The molecule has 0 bridgehead atoms. The van der Waals surface area contributed by atoms with Crippen molar-refractivity contribution in [3.05, 3.63) is 41.2 Å². The van der Waals surface area contributed by atoms with Gasteiger partial charge in [-0.05, 0) is 11.3 Å². The van der Waals surface area contributed by atoms with Crippen LogP contribution in [0.4, 0.5) is 4.79 Å². The number of amides is 1. The smallest absolute Gasteiger partial charge is 0.410 e. The maximum atomic E-state index is 11.7. The van der Waals surface area contributed by atoms with E-state index in [9.17, 15) is 9.59 Å². The number of ether oxygens (including phenoxy) is 1. The Balaban J connectivity index is 2.15. The molecule has 0 aliphatic carbocycles. The molecule has 11 heteroatoms. The minimum Gasteiger partial charge on any atom is -0.478 e. The van der Waals surface area contributed by atoms with Gasteiger partial charge in [-0.15, -0.1) is 10.2 Å². The molecule has 2 rings (SSSR count). The number of hydrogen-bond acceptors (Lipinski definition) is 7. The molecule has 0 saturated carbocycles. The van der Waals surface area contributed by atoms with Crippen LogP contribution < -0.4 is 5.32 Å². The van der Waals surface area contributed by atoms with E-state index >= 15 is 0 Å². The molecule has 1 amide bonds. The Kier molecular flexibility index (Phi) is 5.44. The summed E-state index contributed by atoms with van der Waals surface area (Å²) in [7, 11) is 0. The summed E-state index contributed by atoms with van der Waals surface area (Å²) in [6.45, 7) is 0.000317. The van der Waals surface area contributed by atoms with Gasteiger partial charge in [-0.3, -0.25) is 5.32 Å². The number of carboxylic acids is 1. The van der Waals surface area contributed by atoms with Crippen molar-refractivity contribution in [3.8, 4) is 0 Å². The van der Waals surface area contributed by atoms with Gasteiger partial charge >= 0.3 is 12.1 Å². The fourth-order valence-corrected chi connectivity index (χ4v) is 1.95. The third-order valence-corrected chi connectivity index (χ3v) is 3.05. The lowest BCUT2D eigenvalue weighted by Crippen LogP contribution is -2.41. The number of carbonyl (C=O) groups excluding carboxylic acids is 1. The normalized spacial score (nSPS) is 13.1. The molecule has 10 nitrogen and oxygen atoms in total. The third-order valence-electron chi connectivity index (χ3n) is 2.71. The number of aliphatic hydroxyl groups is 1. The minimum atomic E-state index is -2.08. The highest BCUT2D eigenvalue weighted by Crippen LogP contribution is 2.26. The zero-order valence-corrected chi connectivity index (χ0v) is 12.3. The van der Waals surface area contributed by atoms with Crippen molar-refractivity contribution in [2.24, 2.45) is 0 Å². The van der Waals surface area contributed by atoms with E-state index in [0.29, 0.717) is 10.6 Å². The van der Waals surface area contributed by atoms with E-state index in [1.54, 1.807) is 29.6 Å². The molecule has 1 heterocycles. The van der Waals surface area contributed by atoms with Gasteiger partial charge in [0, 0.05) is 10.6 Å².